The zero-order valence-electron chi connectivity index (χ0n) is 12.4. The second-order valence-corrected chi connectivity index (χ2v) is 6.89. The molecule has 1 N–H and O–H groups in total. The van der Waals surface area contributed by atoms with Crippen molar-refractivity contribution in [3.05, 3.63) is 51.4 Å². The second-order valence-electron chi connectivity index (χ2n) is 6.05. The Morgan fingerprint density at radius 3 is 2.91 bits per heavy atom. The molecule has 0 saturated heterocycles. The number of Topliss-reactive ketones (excluding diaryl/α,β-unsaturated/α-hetero) is 1. The summed E-state index contributed by atoms with van der Waals surface area (Å²) in [5.74, 6) is 1.06. The fraction of sp³-hybridized carbons (Fsp3) is 0.312. The van der Waals surface area contributed by atoms with Gasteiger partial charge in [0, 0.05) is 33.3 Å². The van der Waals surface area contributed by atoms with Gasteiger partial charge in [-0.3, -0.25) is 4.79 Å². The monoisotopic (exact) mass is 348 g/mol. The van der Waals surface area contributed by atoms with Gasteiger partial charge in [-0.1, -0.05) is 36.2 Å². The highest BCUT2D eigenvalue weighted by Crippen LogP contribution is 2.43. The molecule has 0 unspecified atom stereocenters. The number of hydrogen-bond acceptors (Lipinski definition) is 4. The number of nitrogens with one attached hydrogen (secondary N) is 1. The summed E-state index contributed by atoms with van der Waals surface area (Å²) < 4.78 is 1.71. The van der Waals surface area contributed by atoms with Gasteiger partial charge >= 0.3 is 0 Å². The predicted octanol–water partition coefficient (Wildman–Crippen LogP) is 3.85. The maximum absolute atomic E-state index is 12.7. The van der Waals surface area contributed by atoms with Crippen LogP contribution in [0.15, 0.2) is 35.8 Å². The van der Waals surface area contributed by atoms with E-state index in [0.717, 1.165) is 23.3 Å². The van der Waals surface area contributed by atoms with Gasteiger partial charge in [0.15, 0.2) is 5.78 Å². The summed E-state index contributed by atoms with van der Waals surface area (Å²) in [5.41, 5.74) is 2.45. The van der Waals surface area contributed by atoms with Crippen molar-refractivity contribution in [2.75, 3.05) is 5.32 Å². The van der Waals surface area contributed by atoms with E-state index < -0.39 is 0 Å². The number of carbonyl (C=O) groups is 1. The fourth-order valence-corrected chi connectivity index (χ4v) is 3.87. The first-order valence-electron chi connectivity index (χ1n) is 7.42. The van der Waals surface area contributed by atoms with Crippen LogP contribution in [0.4, 0.5) is 5.95 Å². The van der Waals surface area contributed by atoms with Gasteiger partial charge in [-0.15, -0.1) is 0 Å². The van der Waals surface area contributed by atoms with Crippen LogP contribution in [0.25, 0.3) is 0 Å². The molecule has 1 aliphatic carbocycles. The Morgan fingerprint density at radius 2 is 2.13 bits per heavy atom. The third-order valence-corrected chi connectivity index (χ3v) is 4.89. The van der Waals surface area contributed by atoms with E-state index in [1.165, 1.54) is 6.33 Å². The van der Waals surface area contributed by atoms with Gasteiger partial charge in [0.2, 0.25) is 5.95 Å². The van der Waals surface area contributed by atoms with Crippen molar-refractivity contribution in [2.24, 2.45) is 5.92 Å². The summed E-state index contributed by atoms with van der Waals surface area (Å²) >= 11 is 12.4. The van der Waals surface area contributed by atoms with E-state index in [9.17, 15) is 4.79 Å². The lowest BCUT2D eigenvalue weighted by Crippen LogP contribution is -2.33. The van der Waals surface area contributed by atoms with Gasteiger partial charge in [-0.25, -0.2) is 4.68 Å². The number of hydrogen-bond donors (Lipinski definition) is 1. The highest BCUT2D eigenvalue weighted by atomic mass is 35.5. The second kappa shape index (κ2) is 5.35. The standard InChI is InChI=1S/C16H14Cl2N4O/c1-8-4-12-14(13(23)5-8)15(22-16(21-12)19-7-20-22)10-3-2-9(17)6-11(10)18/h2-3,6-8,15H,4-5H2,1H3,(H,19,20,21)/t8-,15+/m1/s1. The first-order valence-corrected chi connectivity index (χ1v) is 8.18. The fourth-order valence-electron chi connectivity index (χ4n) is 3.36. The Morgan fingerprint density at radius 1 is 1.30 bits per heavy atom. The van der Waals surface area contributed by atoms with E-state index in [4.69, 9.17) is 23.2 Å². The molecular formula is C16H14Cl2N4O. The number of allylic oxidation sites excluding steroid dienone is 2. The van der Waals surface area contributed by atoms with E-state index in [2.05, 4.69) is 22.3 Å². The molecule has 23 heavy (non-hydrogen) atoms. The van der Waals surface area contributed by atoms with Crippen molar-refractivity contribution < 1.29 is 4.79 Å². The van der Waals surface area contributed by atoms with Crippen LogP contribution >= 0.6 is 23.2 Å². The highest BCUT2D eigenvalue weighted by molar-refractivity contribution is 6.35. The molecule has 0 amide bonds. The van der Waals surface area contributed by atoms with Crippen LogP contribution in [0.1, 0.15) is 31.4 Å². The molecular weight excluding hydrogens is 335 g/mol. The molecule has 0 bridgehead atoms. The molecule has 0 radical (unpaired) electrons. The average Bonchev–Trinajstić information content (AvgIpc) is 2.93. The lowest BCUT2D eigenvalue weighted by Gasteiger charge is -2.34. The van der Waals surface area contributed by atoms with Crippen LogP contribution < -0.4 is 5.32 Å². The average molecular weight is 349 g/mol. The van der Waals surface area contributed by atoms with Crippen molar-refractivity contribution in [3.8, 4) is 0 Å². The number of nitrogens with zero attached hydrogens (tertiary/aromatic N) is 3. The number of aromatic nitrogens is 3. The van der Waals surface area contributed by atoms with E-state index in [1.54, 1.807) is 16.8 Å². The minimum absolute atomic E-state index is 0.128. The number of carbonyl (C=O) groups excluding carboxylic acids is 1. The summed E-state index contributed by atoms with van der Waals surface area (Å²) in [6.45, 7) is 2.08. The van der Waals surface area contributed by atoms with Gasteiger partial charge in [0.05, 0.1) is 0 Å². The van der Waals surface area contributed by atoms with E-state index in [-0.39, 0.29) is 11.8 Å². The lowest BCUT2D eigenvalue weighted by atomic mass is 9.81. The zero-order chi connectivity index (χ0) is 16.1. The normalized spacial score (nSPS) is 23.3. The molecule has 2 aliphatic rings. The Balaban J connectivity index is 1.93. The third-order valence-electron chi connectivity index (χ3n) is 4.32. The number of ketones is 1. The minimum atomic E-state index is -0.367. The zero-order valence-corrected chi connectivity index (χ0v) is 13.9. The van der Waals surface area contributed by atoms with Crippen molar-refractivity contribution in [3.63, 3.8) is 0 Å². The van der Waals surface area contributed by atoms with Crippen molar-refractivity contribution in [2.45, 2.75) is 25.8 Å². The van der Waals surface area contributed by atoms with Crippen LogP contribution in [0.5, 0.6) is 0 Å². The summed E-state index contributed by atoms with van der Waals surface area (Å²) in [4.78, 5) is 17.0. The smallest absolute Gasteiger partial charge is 0.226 e. The van der Waals surface area contributed by atoms with Gasteiger partial charge < -0.3 is 5.32 Å². The first kappa shape index (κ1) is 14.7. The van der Waals surface area contributed by atoms with E-state index >= 15 is 0 Å². The molecule has 0 saturated carbocycles. The molecule has 0 fully saturated rings. The first-order chi connectivity index (χ1) is 11.0. The van der Waals surface area contributed by atoms with Gasteiger partial charge in [0.1, 0.15) is 12.4 Å². The number of benzene rings is 1. The molecule has 2 aromatic rings. The third kappa shape index (κ3) is 2.35. The van der Waals surface area contributed by atoms with Gasteiger partial charge in [-0.05, 0) is 24.5 Å². The van der Waals surface area contributed by atoms with Crippen LogP contribution in [-0.2, 0) is 4.79 Å². The quantitative estimate of drug-likeness (QED) is 0.850. The van der Waals surface area contributed by atoms with E-state index in [0.29, 0.717) is 28.3 Å². The topological polar surface area (TPSA) is 59.8 Å². The molecule has 2 heterocycles. The molecule has 0 spiro atoms. The molecule has 4 rings (SSSR count). The molecule has 1 aromatic carbocycles. The molecule has 2 atom stereocenters. The summed E-state index contributed by atoms with van der Waals surface area (Å²) in [7, 11) is 0. The minimum Gasteiger partial charge on any atom is -0.328 e. The summed E-state index contributed by atoms with van der Waals surface area (Å²) in [5, 5.41) is 8.61. The number of halogens is 2. The number of rotatable bonds is 1. The largest absolute Gasteiger partial charge is 0.328 e. The summed E-state index contributed by atoms with van der Waals surface area (Å²) in [6, 6.07) is 4.95. The van der Waals surface area contributed by atoms with E-state index in [1.807, 2.05) is 6.07 Å². The Bertz CT molecular complexity index is 842. The van der Waals surface area contributed by atoms with Gasteiger partial charge in [-0.2, -0.15) is 10.1 Å². The van der Waals surface area contributed by atoms with Crippen LogP contribution in [0, 0.1) is 5.92 Å². The van der Waals surface area contributed by atoms with Gasteiger partial charge in [0.25, 0.3) is 0 Å². The van der Waals surface area contributed by atoms with Crippen LogP contribution in [0.2, 0.25) is 10.0 Å². The molecule has 7 heteroatoms. The Kier molecular flexibility index (Phi) is 3.43. The number of fused-ring (bicyclic) bond motifs is 1. The highest BCUT2D eigenvalue weighted by Gasteiger charge is 2.38. The van der Waals surface area contributed by atoms with Crippen molar-refractivity contribution >= 4 is 34.9 Å². The predicted molar refractivity (Wildman–Crippen MR) is 88.7 cm³/mol. The Labute approximate surface area is 143 Å². The molecule has 1 aromatic heterocycles. The maximum Gasteiger partial charge on any atom is 0.226 e. The van der Waals surface area contributed by atoms with Crippen molar-refractivity contribution in [1.82, 2.24) is 14.8 Å². The lowest BCUT2D eigenvalue weighted by molar-refractivity contribution is -0.117. The Hall–Kier alpha value is -1.85. The molecule has 5 nitrogen and oxygen atoms in total. The summed E-state index contributed by atoms with van der Waals surface area (Å²) in [6.07, 6.45) is 2.83. The maximum atomic E-state index is 12.7. The van der Waals surface area contributed by atoms with Crippen LogP contribution in [0.3, 0.4) is 0 Å². The molecule has 1 aliphatic heterocycles. The molecule has 118 valence electrons. The van der Waals surface area contributed by atoms with Crippen molar-refractivity contribution in [1.29, 1.82) is 0 Å². The number of anilines is 1. The SMILES string of the molecule is C[C@H]1CC(=O)C2=C(C1)Nc1ncnn1[C@H]2c1ccc(Cl)cc1Cl. The van der Waals surface area contributed by atoms with Crippen LogP contribution in [-0.4, -0.2) is 20.5 Å².